The predicted molar refractivity (Wildman–Crippen MR) is 93.1 cm³/mol. The predicted octanol–water partition coefficient (Wildman–Crippen LogP) is 3.06. The molecular weight excluding hydrogens is 312 g/mol. The molecule has 1 aliphatic rings. The molecule has 2 aromatic rings. The van der Waals surface area contributed by atoms with Gasteiger partial charge in [-0.05, 0) is 18.2 Å². The second kappa shape index (κ2) is 6.42. The molecule has 0 unspecified atom stereocenters. The molecule has 1 heterocycles. The number of benzene rings is 2. The fourth-order valence-corrected chi connectivity index (χ4v) is 3.85. The first kappa shape index (κ1) is 15.6. The minimum absolute atomic E-state index is 0.0340. The number of carbonyl (C=O) groups is 1. The summed E-state index contributed by atoms with van der Waals surface area (Å²) in [6.07, 6.45) is 0. The first-order valence-electron chi connectivity index (χ1n) is 7.15. The summed E-state index contributed by atoms with van der Waals surface area (Å²) in [5, 5.41) is -0.161. The van der Waals surface area contributed by atoms with E-state index in [9.17, 15) is 4.79 Å². The number of amides is 1. The van der Waals surface area contributed by atoms with Crippen LogP contribution in [0.1, 0.15) is 10.9 Å². The van der Waals surface area contributed by atoms with Crippen LogP contribution in [-0.2, 0) is 4.79 Å². The number of methoxy groups -OCH3 is 2. The largest absolute Gasteiger partial charge is 0.497 e. The fraction of sp³-hybridized carbons (Fsp3) is 0.235. The van der Waals surface area contributed by atoms with Crippen molar-refractivity contribution in [2.75, 3.05) is 30.6 Å². The zero-order chi connectivity index (χ0) is 16.4. The SMILES string of the molecule is COc1ccc(N2C(=O)CS[C@H]2c2ccccc2N)c(OC)c1. The van der Waals surface area contributed by atoms with Crippen LogP contribution >= 0.6 is 11.8 Å². The number of carbonyl (C=O) groups excluding carboxylic acids is 1. The molecule has 1 atom stereocenters. The Balaban J connectivity index is 2.06. The van der Waals surface area contributed by atoms with Gasteiger partial charge < -0.3 is 15.2 Å². The van der Waals surface area contributed by atoms with Gasteiger partial charge in [-0.3, -0.25) is 9.69 Å². The number of nitrogens with two attached hydrogens (primary N) is 1. The number of ether oxygens (including phenoxy) is 2. The van der Waals surface area contributed by atoms with E-state index in [1.165, 1.54) is 0 Å². The average Bonchev–Trinajstić information content (AvgIpc) is 2.96. The van der Waals surface area contributed by atoms with Gasteiger partial charge in [-0.15, -0.1) is 11.8 Å². The van der Waals surface area contributed by atoms with Crippen LogP contribution in [0.4, 0.5) is 11.4 Å². The quantitative estimate of drug-likeness (QED) is 0.873. The number of para-hydroxylation sites is 1. The molecule has 3 rings (SSSR count). The molecular formula is C17H18N2O3S. The van der Waals surface area contributed by atoms with Crippen molar-refractivity contribution in [1.29, 1.82) is 0 Å². The number of thioether (sulfide) groups is 1. The molecule has 0 radical (unpaired) electrons. The Bertz CT molecular complexity index is 736. The standard InChI is InChI=1S/C17H18N2O3S/c1-21-11-7-8-14(15(9-11)22-2)19-16(20)10-23-17(19)12-5-3-4-6-13(12)18/h3-9,17H,10,18H2,1-2H3/t17-/m0/s1. The van der Waals surface area contributed by atoms with E-state index in [4.69, 9.17) is 15.2 Å². The highest BCUT2D eigenvalue weighted by atomic mass is 32.2. The molecule has 0 aliphatic carbocycles. The second-order valence-electron chi connectivity index (χ2n) is 5.09. The van der Waals surface area contributed by atoms with Gasteiger partial charge in [0, 0.05) is 17.3 Å². The van der Waals surface area contributed by atoms with E-state index < -0.39 is 0 Å². The van der Waals surface area contributed by atoms with Crippen LogP contribution in [-0.4, -0.2) is 25.9 Å². The van der Waals surface area contributed by atoms with Crippen LogP contribution in [0.25, 0.3) is 0 Å². The Kier molecular flexibility index (Phi) is 4.34. The van der Waals surface area contributed by atoms with E-state index in [0.29, 0.717) is 22.9 Å². The third-order valence-electron chi connectivity index (χ3n) is 3.78. The highest BCUT2D eigenvalue weighted by Crippen LogP contribution is 2.46. The summed E-state index contributed by atoms with van der Waals surface area (Å²) in [5.41, 5.74) is 8.43. The number of hydrogen-bond donors (Lipinski definition) is 1. The molecule has 1 fully saturated rings. The van der Waals surface area contributed by atoms with Gasteiger partial charge in [0.15, 0.2) is 0 Å². The van der Waals surface area contributed by atoms with Crippen molar-refractivity contribution in [3.63, 3.8) is 0 Å². The van der Waals surface area contributed by atoms with Crippen molar-refractivity contribution >= 4 is 29.0 Å². The number of nitrogen functional groups attached to an aromatic ring is 1. The Labute approximate surface area is 139 Å². The Morgan fingerprint density at radius 1 is 1.17 bits per heavy atom. The maximum atomic E-state index is 12.5. The number of hydrogen-bond acceptors (Lipinski definition) is 5. The summed E-state index contributed by atoms with van der Waals surface area (Å²) in [6.45, 7) is 0. The Hall–Kier alpha value is -2.34. The van der Waals surface area contributed by atoms with Crippen LogP contribution in [0.5, 0.6) is 11.5 Å². The lowest BCUT2D eigenvalue weighted by Crippen LogP contribution is -2.28. The zero-order valence-electron chi connectivity index (χ0n) is 13.0. The summed E-state index contributed by atoms with van der Waals surface area (Å²) in [4.78, 5) is 14.2. The van der Waals surface area contributed by atoms with Gasteiger partial charge in [-0.25, -0.2) is 0 Å². The van der Waals surface area contributed by atoms with Crippen molar-refractivity contribution in [2.24, 2.45) is 0 Å². The lowest BCUT2D eigenvalue weighted by Gasteiger charge is -2.27. The Morgan fingerprint density at radius 3 is 2.65 bits per heavy atom. The fourth-order valence-electron chi connectivity index (χ4n) is 2.63. The van der Waals surface area contributed by atoms with Crippen LogP contribution in [0.3, 0.4) is 0 Å². The van der Waals surface area contributed by atoms with E-state index in [1.807, 2.05) is 36.4 Å². The van der Waals surface area contributed by atoms with E-state index in [2.05, 4.69) is 0 Å². The smallest absolute Gasteiger partial charge is 0.238 e. The van der Waals surface area contributed by atoms with Gasteiger partial charge in [0.2, 0.25) is 5.91 Å². The molecule has 0 aromatic heterocycles. The molecule has 2 N–H and O–H groups in total. The molecule has 2 aromatic carbocycles. The first-order chi connectivity index (χ1) is 11.2. The molecule has 23 heavy (non-hydrogen) atoms. The Morgan fingerprint density at radius 2 is 1.96 bits per heavy atom. The molecule has 0 saturated carbocycles. The summed E-state index contributed by atoms with van der Waals surface area (Å²) >= 11 is 1.56. The topological polar surface area (TPSA) is 64.8 Å². The van der Waals surface area contributed by atoms with E-state index >= 15 is 0 Å². The minimum atomic E-state index is -0.161. The minimum Gasteiger partial charge on any atom is -0.497 e. The average molecular weight is 330 g/mol. The molecule has 1 amide bonds. The van der Waals surface area contributed by atoms with Crippen molar-refractivity contribution in [2.45, 2.75) is 5.37 Å². The molecule has 1 saturated heterocycles. The third-order valence-corrected chi connectivity index (χ3v) is 4.97. The molecule has 120 valence electrons. The van der Waals surface area contributed by atoms with Crippen LogP contribution in [0, 0.1) is 0 Å². The maximum absolute atomic E-state index is 12.5. The van der Waals surface area contributed by atoms with E-state index in [0.717, 1.165) is 11.3 Å². The van der Waals surface area contributed by atoms with Crippen LogP contribution in [0.15, 0.2) is 42.5 Å². The second-order valence-corrected chi connectivity index (χ2v) is 6.16. The summed E-state index contributed by atoms with van der Waals surface area (Å²) in [7, 11) is 3.18. The number of nitrogens with zero attached hydrogens (tertiary/aromatic N) is 1. The highest BCUT2D eigenvalue weighted by Gasteiger charge is 2.36. The summed E-state index contributed by atoms with van der Waals surface area (Å²) < 4.78 is 10.7. The zero-order valence-corrected chi connectivity index (χ0v) is 13.8. The lowest BCUT2D eigenvalue weighted by atomic mass is 10.1. The molecule has 5 nitrogen and oxygen atoms in total. The molecule has 1 aliphatic heterocycles. The molecule has 0 bridgehead atoms. The highest BCUT2D eigenvalue weighted by molar-refractivity contribution is 8.00. The van der Waals surface area contributed by atoms with Crippen LogP contribution in [0.2, 0.25) is 0 Å². The summed E-state index contributed by atoms with van der Waals surface area (Å²) in [5.74, 6) is 1.72. The van der Waals surface area contributed by atoms with Gasteiger partial charge >= 0.3 is 0 Å². The van der Waals surface area contributed by atoms with Gasteiger partial charge in [0.1, 0.15) is 16.9 Å². The van der Waals surface area contributed by atoms with Crippen molar-refractivity contribution in [3.05, 3.63) is 48.0 Å². The van der Waals surface area contributed by atoms with Gasteiger partial charge in [0.25, 0.3) is 0 Å². The monoisotopic (exact) mass is 330 g/mol. The van der Waals surface area contributed by atoms with Crippen molar-refractivity contribution < 1.29 is 14.3 Å². The molecule has 0 spiro atoms. The number of rotatable bonds is 4. The number of anilines is 2. The third kappa shape index (κ3) is 2.82. The van der Waals surface area contributed by atoms with Gasteiger partial charge in [0.05, 0.1) is 25.7 Å². The first-order valence-corrected chi connectivity index (χ1v) is 8.20. The molecule has 6 heteroatoms. The van der Waals surface area contributed by atoms with E-state index in [1.54, 1.807) is 36.9 Å². The normalized spacial score (nSPS) is 17.4. The van der Waals surface area contributed by atoms with Gasteiger partial charge in [-0.1, -0.05) is 18.2 Å². The van der Waals surface area contributed by atoms with Gasteiger partial charge in [-0.2, -0.15) is 0 Å². The van der Waals surface area contributed by atoms with Crippen molar-refractivity contribution in [3.8, 4) is 11.5 Å². The lowest BCUT2D eigenvalue weighted by molar-refractivity contribution is -0.115. The maximum Gasteiger partial charge on any atom is 0.238 e. The van der Waals surface area contributed by atoms with E-state index in [-0.39, 0.29) is 11.3 Å². The van der Waals surface area contributed by atoms with Crippen LogP contribution < -0.4 is 20.1 Å². The summed E-state index contributed by atoms with van der Waals surface area (Å²) in [6, 6.07) is 13.1. The van der Waals surface area contributed by atoms with Crippen molar-refractivity contribution in [1.82, 2.24) is 0 Å².